The molecule has 1 atom stereocenters. The average molecular weight is 483 g/mol. The molecule has 0 radical (unpaired) electrons. The van der Waals surface area contributed by atoms with Crippen molar-refractivity contribution in [2.24, 2.45) is 0 Å². The van der Waals surface area contributed by atoms with E-state index in [0.29, 0.717) is 16.4 Å². The van der Waals surface area contributed by atoms with Gasteiger partial charge in [0.05, 0.1) is 4.88 Å². The van der Waals surface area contributed by atoms with Crippen molar-refractivity contribution in [1.29, 1.82) is 0 Å². The molecule has 1 saturated carbocycles. The third-order valence-corrected chi connectivity index (χ3v) is 7.89. The van der Waals surface area contributed by atoms with Gasteiger partial charge in [0.1, 0.15) is 6.04 Å². The molecule has 5 rings (SSSR count). The summed E-state index contributed by atoms with van der Waals surface area (Å²) in [5, 5.41) is 7.08. The van der Waals surface area contributed by atoms with Gasteiger partial charge in [-0.2, -0.15) is 0 Å². The minimum Gasteiger partial charge on any atom is -0.454 e. The molecular weight excluding hydrogens is 456 g/mol. The van der Waals surface area contributed by atoms with Crippen LogP contribution in [0.25, 0.3) is 0 Å². The topological polar surface area (TPSA) is 67.9 Å². The van der Waals surface area contributed by atoms with Gasteiger partial charge in [-0.15, -0.1) is 22.7 Å². The van der Waals surface area contributed by atoms with E-state index in [1.807, 2.05) is 53.2 Å². The molecule has 1 fully saturated rings. The Kier molecular flexibility index (Phi) is 6.64. The lowest BCUT2D eigenvalue weighted by molar-refractivity contribution is -0.127. The largest absolute Gasteiger partial charge is 0.454 e. The van der Waals surface area contributed by atoms with Crippen molar-refractivity contribution >= 4 is 34.5 Å². The Hall–Kier alpha value is -2.84. The first-order chi connectivity index (χ1) is 16.2. The molecule has 2 amide bonds. The van der Waals surface area contributed by atoms with Gasteiger partial charge in [-0.05, 0) is 53.4 Å². The number of rotatable bonds is 7. The summed E-state index contributed by atoms with van der Waals surface area (Å²) >= 11 is 2.89. The summed E-state index contributed by atoms with van der Waals surface area (Å²) < 4.78 is 11.0. The van der Waals surface area contributed by atoms with E-state index < -0.39 is 6.04 Å². The average Bonchev–Trinajstić information content (AvgIpc) is 3.61. The molecule has 0 bridgehead atoms. The van der Waals surface area contributed by atoms with Crippen LogP contribution in [-0.4, -0.2) is 29.5 Å². The van der Waals surface area contributed by atoms with Crippen LogP contribution in [0.1, 0.15) is 58.3 Å². The molecule has 1 N–H and O–H groups in total. The number of carbonyl (C=O) groups is 2. The number of carbonyl (C=O) groups excluding carboxylic acids is 2. The van der Waals surface area contributed by atoms with Crippen molar-refractivity contribution in [3.63, 3.8) is 0 Å². The summed E-state index contributed by atoms with van der Waals surface area (Å²) in [7, 11) is 0. The van der Waals surface area contributed by atoms with Crippen molar-refractivity contribution in [2.75, 3.05) is 6.79 Å². The number of hydrogen-bond acceptors (Lipinski definition) is 6. The maximum absolute atomic E-state index is 13.7. The molecule has 33 heavy (non-hydrogen) atoms. The monoisotopic (exact) mass is 482 g/mol. The van der Waals surface area contributed by atoms with Gasteiger partial charge in [0.15, 0.2) is 11.5 Å². The van der Waals surface area contributed by atoms with Crippen LogP contribution in [0.2, 0.25) is 0 Å². The summed E-state index contributed by atoms with van der Waals surface area (Å²) in [5.41, 5.74) is 0.885. The van der Waals surface area contributed by atoms with E-state index in [0.717, 1.165) is 36.1 Å². The maximum atomic E-state index is 13.7. The zero-order chi connectivity index (χ0) is 22.6. The van der Waals surface area contributed by atoms with E-state index in [1.165, 1.54) is 29.1 Å². The highest BCUT2D eigenvalue weighted by molar-refractivity contribution is 7.12. The summed E-state index contributed by atoms with van der Waals surface area (Å²) in [6, 6.07) is 12.7. The number of benzene rings is 1. The Morgan fingerprint density at radius 1 is 1.00 bits per heavy atom. The van der Waals surface area contributed by atoms with Crippen LogP contribution in [0.15, 0.2) is 53.2 Å². The van der Waals surface area contributed by atoms with Crippen LogP contribution in [0.5, 0.6) is 11.5 Å². The number of nitrogens with zero attached hydrogens (tertiary/aromatic N) is 1. The van der Waals surface area contributed by atoms with Gasteiger partial charge in [-0.25, -0.2) is 0 Å². The van der Waals surface area contributed by atoms with E-state index in [1.54, 1.807) is 4.90 Å². The molecule has 1 aliphatic carbocycles. The number of hydrogen-bond donors (Lipinski definition) is 1. The maximum Gasteiger partial charge on any atom is 0.265 e. The number of amides is 2. The Morgan fingerprint density at radius 2 is 1.79 bits per heavy atom. The summed E-state index contributed by atoms with van der Waals surface area (Å²) in [5.74, 6) is 1.09. The van der Waals surface area contributed by atoms with Gasteiger partial charge < -0.3 is 19.7 Å². The first kappa shape index (κ1) is 22.0. The van der Waals surface area contributed by atoms with E-state index in [4.69, 9.17) is 9.47 Å². The number of nitrogens with one attached hydrogen (secondary N) is 1. The Balaban J connectivity index is 1.48. The minimum atomic E-state index is -0.702. The van der Waals surface area contributed by atoms with Gasteiger partial charge in [0.2, 0.25) is 12.7 Å². The zero-order valence-corrected chi connectivity index (χ0v) is 19.8. The third-order valence-electron chi connectivity index (χ3n) is 6.11. The van der Waals surface area contributed by atoms with Crippen LogP contribution in [0.3, 0.4) is 0 Å². The lowest BCUT2D eigenvalue weighted by Gasteiger charge is -2.32. The van der Waals surface area contributed by atoms with Crippen LogP contribution in [0.4, 0.5) is 0 Å². The first-order valence-corrected chi connectivity index (χ1v) is 13.0. The van der Waals surface area contributed by atoms with Crippen LogP contribution in [-0.2, 0) is 11.3 Å². The molecule has 1 unspecified atom stereocenters. The van der Waals surface area contributed by atoms with Gasteiger partial charge in [-0.3, -0.25) is 9.59 Å². The predicted molar refractivity (Wildman–Crippen MR) is 129 cm³/mol. The predicted octanol–water partition coefficient (Wildman–Crippen LogP) is 5.37. The van der Waals surface area contributed by atoms with Crippen LogP contribution >= 0.6 is 22.7 Å². The number of ether oxygens (including phenoxy) is 2. The normalized spacial score (nSPS) is 16.4. The highest BCUT2D eigenvalue weighted by Crippen LogP contribution is 2.35. The number of fused-ring (bicyclic) bond motifs is 1. The molecule has 172 valence electrons. The van der Waals surface area contributed by atoms with Gasteiger partial charge in [0.25, 0.3) is 5.91 Å². The molecule has 8 heteroatoms. The van der Waals surface area contributed by atoms with Crippen molar-refractivity contribution in [3.8, 4) is 11.5 Å². The summed E-state index contributed by atoms with van der Waals surface area (Å²) in [6.45, 7) is 0.478. The molecule has 0 saturated heterocycles. The second kappa shape index (κ2) is 9.97. The van der Waals surface area contributed by atoms with E-state index in [2.05, 4.69) is 5.32 Å². The standard InChI is InChI=1S/C25H26N2O4S2/c28-24(26-18-6-2-1-3-7-18)23(21-8-4-12-32-21)27(25(29)22-9-5-13-33-22)15-17-10-11-19-20(14-17)31-16-30-19/h4-5,8-14,18,23H,1-3,6-7,15-16H2,(H,26,28). The smallest absolute Gasteiger partial charge is 0.265 e. The van der Waals surface area contributed by atoms with Crippen LogP contribution in [0, 0.1) is 0 Å². The van der Waals surface area contributed by atoms with Crippen molar-refractivity contribution in [1.82, 2.24) is 10.2 Å². The van der Waals surface area contributed by atoms with Gasteiger partial charge in [-0.1, -0.05) is 37.5 Å². The van der Waals surface area contributed by atoms with Gasteiger partial charge >= 0.3 is 0 Å². The molecule has 6 nitrogen and oxygen atoms in total. The molecule has 0 spiro atoms. The highest BCUT2D eigenvalue weighted by atomic mass is 32.1. The molecule has 2 aromatic heterocycles. The minimum absolute atomic E-state index is 0.116. The number of thiophene rings is 2. The molecular formula is C25H26N2O4S2. The van der Waals surface area contributed by atoms with Gasteiger partial charge in [0, 0.05) is 17.5 Å². The summed E-state index contributed by atoms with van der Waals surface area (Å²) in [6.07, 6.45) is 5.45. The van der Waals surface area contributed by atoms with E-state index in [9.17, 15) is 9.59 Å². The second-order valence-corrected chi connectivity index (χ2v) is 10.3. The fraction of sp³-hybridized carbons (Fsp3) is 0.360. The molecule has 3 heterocycles. The van der Waals surface area contributed by atoms with Crippen molar-refractivity contribution < 1.29 is 19.1 Å². The Bertz CT molecular complexity index is 1090. The molecule has 1 aromatic carbocycles. The Morgan fingerprint density at radius 3 is 2.55 bits per heavy atom. The lowest BCUT2D eigenvalue weighted by atomic mass is 9.95. The Labute approximate surface area is 201 Å². The fourth-order valence-corrected chi connectivity index (χ4v) is 5.97. The highest BCUT2D eigenvalue weighted by Gasteiger charge is 2.34. The SMILES string of the molecule is O=C(NC1CCCCC1)C(c1cccs1)N(Cc1ccc2c(c1)OCO2)C(=O)c1cccs1. The van der Waals surface area contributed by atoms with E-state index in [-0.39, 0.29) is 31.2 Å². The van der Waals surface area contributed by atoms with Crippen molar-refractivity contribution in [3.05, 3.63) is 68.5 Å². The summed E-state index contributed by atoms with van der Waals surface area (Å²) in [4.78, 5) is 30.5. The van der Waals surface area contributed by atoms with Crippen molar-refractivity contribution in [2.45, 2.75) is 50.7 Å². The second-order valence-electron chi connectivity index (χ2n) is 8.36. The zero-order valence-electron chi connectivity index (χ0n) is 18.2. The van der Waals surface area contributed by atoms with E-state index >= 15 is 0 Å². The third kappa shape index (κ3) is 4.91. The van der Waals surface area contributed by atoms with Crippen LogP contribution < -0.4 is 14.8 Å². The molecule has 1 aliphatic heterocycles. The first-order valence-electron chi connectivity index (χ1n) is 11.3. The molecule has 2 aliphatic rings. The quantitative estimate of drug-likeness (QED) is 0.492. The lowest BCUT2D eigenvalue weighted by Crippen LogP contribution is -2.46. The molecule has 3 aromatic rings. The fourth-order valence-electron chi connectivity index (χ4n) is 4.46.